The van der Waals surface area contributed by atoms with E-state index >= 15 is 0 Å². The van der Waals surface area contributed by atoms with Crippen LogP contribution in [0.15, 0.2) is 61.2 Å². The summed E-state index contributed by atoms with van der Waals surface area (Å²) in [4.78, 5) is 11.5. The van der Waals surface area contributed by atoms with Gasteiger partial charge in [-0.05, 0) is 35.4 Å². The van der Waals surface area contributed by atoms with Crippen molar-refractivity contribution in [3.05, 3.63) is 83.4 Å². The number of rotatable bonds is 4. The molecule has 0 bridgehead atoms. The standard InChI is InChI=1S/C18H12F6O2/c1-2-15(25)26-16(11-3-7-13(8-4-11)17(19,20)21)12-5-9-14(10-6-12)18(22,23)24/h2-10,16H,1H2. The quantitative estimate of drug-likeness (QED) is 0.399. The van der Waals surface area contributed by atoms with Gasteiger partial charge in [0, 0.05) is 6.08 Å². The molecule has 2 aromatic rings. The minimum absolute atomic E-state index is 0.174. The van der Waals surface area contributed by atoms with Gasteiger partial charge in [0.2, 0.25) is 0 Å². The highest BCUT2D eigenvalue weighted by molar-refractivity contribution is 5.81. The normalized spacial score (nSPS) is 12.1. The molecule has 2 nitrogen and oxygen atoms in total. The van der Waals surface area contributed by atoms with E-state index in [4.69, 9.17) is 4.74 Å². The van der Waals surface area contributed by atoms with Crippen molar-refractivity contribution >= 4 is 5.97 Å². The third-order valence-corrected chi connectivity index (χ3v) is 3.48. The van der Waals surface area contributed by atoms with E-state index < -0.39 is 35.6 Å². The molecule has 0 amide bonds. The molecule has 2 rings (SSSR count). The Morgan fingerprint density at radius 2 is 1.15 bits per heavy atom. The molecule has 0 radical (unpaired) electrons. The number of hydrogen-bond donors (Lipinski definition) is 0. The van der Waals surface area contributed by atoms with Gasteiger partial charge in [-0.1, -0.05) is 30.8 Å². The molecular weight excluding hydrogens is 362 g/mol. The largest absolute Gasteiger partial charge is 0.449 e. The molecule has 0 fully saturated rings. The fraction of sp³-hybridized carbons (Fsp3) is 0.167. The third-order valence-electron chi connectivity index (χ3n) is 3.48. The number of hydrogen-bond acceptors (Lipinski definition) is 2. The molecule has 0 aliphatic carbocycles. The van der Waals surface area contributed by atoms with Gasteiger partial charge in [0.05, 0.1) is 11.1 Å². The van der Waals surface area contributed by atoms with Gasteiger partial charge in [0.1, 0.15) is 0 Å². The second-order valence-electron chi connectivity index (χ2n) is 5.26. The van der Waals surface area contributed by atoms with Crippen molar-refractivity contribution in [3.8, 4) is 0 Å². The summed E-state index contributed by atoms with van der Waals surface area (Å²) in [5.74, 6) is -0.866. The molecular formula is C18H12F6O2. The summed E-state index contributed by atoms with van der Waals surface area (Å²) in [6.07, 6.45) is -9.41. The summed E-state index contributed by atoms with van der Waals surface area (Å²) in [5.41, 5.74) is -1.45. The minimum atomic E-state index is -4.54. The van der Waals surface area contributed by atoms with Crippen LogP contribution < -0.4 is 0 Å². The molecule has 0 atom stereocenters. The van der Waals surface area contributed by atoms with Crippen LogP contribution in [0.25, 0.3) is 0 Å². The second-order valence-corrected chi connectivity index (χ2v) is 5.26. The molecule has 0 saturated carbocycles. The number of halogens is 6. The van der Waals surface area contributed by atoms with Crippen molar-refractivity contribution in [2.75, 3.05) is 0 Å². The number of carbonyl (C=O) groups excluding carboxylic acids is 1. The van der Waals surface area contributed by atoms with Gasteiger partial charge in [-0.25, -0.2) is 4.79 Å². The summed E-state index contributed by atoms with van der Waals surface area (Å²) in [7, 11) is 0. The van der Waals surface area contributed by atoms with Crippen LogP contribution in [-0.4, -0.2) is 5.97 Å². The molecule has 8 heteroatoms. The van der Waals surface area contributed by atoms with Gasteiger partial charge < -0.3 is 4.74 Å². The minimum Gasteiger partial charge on any atom is -0.449 e. The zero-order valence-corrected chi connectivity index (χ0v) is 13.1. The fourth-order valence-electron chi connectivity index (χ4n) is 2.19. The predicted molar refractivity (Wildman–Crippen MR) is 81.0 cm³/mol. The second kappa shape index (κ2) is 7.23. The van der Waals surface area contributed by atoms with E-state index in [9.17, 15) is 31.1 Å². The number of ether oxygens (including phenoxy) is 1. The zero-order valence-electron chi connectivity index (χ0n) is 13.1. The van der Waals surface area contributed by atoms with Crippen molar-refractivity contribution in [3.63, 3.8) is 0 Å². The fourth-order valence-corrected chi connectivity index (χ4v) is 2.19. The first-order valence-electron chi connectivity index (χ1n) is 7.19. The topological polar surface area (TPSA) is 26.3 Å². The van der Waals surface area contributed by atoms with Crippen LogP contribution in [0.1, 0.15) is 28.4 Å². The molecule has 0 unspecified atom stereocenters. The lowest BCUT2D eigenvalue weighted by molar-refractivity contribution is -0.142. The lowest BCUT2D eigenvalue weighted by atomic mass is 9.99. The SMILES string of the molecule is C=CC(=O)OC(c1ccc(C(F)(F)F)cc1)c1ccc(C(F)(F)F)cc1. The summed E-state index contributed by atoms with van der Waals surface area (Å²) >= 11 is 0. The molecule has 0 saturated heterocycles. The first-order chi connectivity index (χ1) is 12.0. The first kappa shape index (κ1) is 19.6. The Labute approximate surface area is 144 Å². The van der Waals surface area contributed by atoms with Crippen molar-refractivity contribution in [1.82, 2.24) is 0 Å². The highest BCUT2D eigenvalue weighted by Gasteiger charge is 2.32. The summed E-state index contributed by atoms with van der Waals surface area (Å²) in [5, 5.41) is 0. The number of benzene rings is 2. The maximum absolute atomic E-state index is 12.7. The smallest absolute Gasteiger partial charge is 0.416 e. The Kier molecular flexibility index (Phi) is 5.44. The highest BCUT2D eigenvalue weighted by Crippen LogP contribution is 2.34. The molecule has 0 spiro atoms. The first-order valence-corrected chi connectivity index (χ1v) is 7.19. The van der Waals surface area contributed by atoms with E-state index in [0.29, 0.717) is 0 Å². The van der Waals surface area contributed by atoms with Gasteiger partial charge in [0.15, 0.2) is 6.10 Å². The van der Waals surface area contributed by atoms with Gasteiger partial charge in [-0.3, -0.25) is 0 Å². The van der Waals surface area contributed by atoms with Crippen molar-refractivity contribution < 1.29 is 35.9 Å². The average molecular weight is 374 g/mol. The highest BCUT2D eigenvalue weighted by atomic mass is 19.4. The van der Waals surface area contributed by atoms with Crippen LogP contribution in [0.3, 0.4) is 0 Å². The van der Waals surface area contributed by atoms with Gasteiger partial charge >= 0.3 is 18.3 Å². The van der Waals surface area contributed by atoms with E-state index in [1.165, 1.54) is 0 Å². The average Bonchev–Trinajstić information content (AvgIpc) is 2.58. The van der Waals surface area contributed by atoms with Crippen molar-refractivity contribution in [2.24, 2.45) is 0 Å². The molecule has 26 heavy (non-hydrogen) atoms. The van der Waals surface area contributed by atoms with E-state index in [-0.39, 0.29) is 11.1 Å². The van der Waals surface area contributed by atoms with Crippen molar-refractivity contribution in [1.29, 1.82) is 0 Å². The monoisotopic (exact) mass is 374 g/mol. The van der Waals surface area contributed by atoms with Crippen LogP contribution in [0.2, 0.25) is 0 Å². The van der Waals surface area contributed by atoms with Crippen LogP contribution in [0.5, 0.6) is 0 Å². The molecule has 0 aliphatic rings. The van der Waals surface area contributed by atoms with Crippen molar-refractivity contribution in [2.45, 2.75) is 18.5 Å². The maximum Gasteiger partial charge on any atom is 0.416 e. The molecule has 138 valence electrons. The number of esters is 1. The van der Waals surface area contributed by atoms with E-state index in [1.807, 2.05) is 0 Å². The van der Waals surface area contributed by atoms with Gasteiger partial charge in [-0.2, -0.15) is 26.3 Å². The van der Waals surface area contributed by atoms with Crippen LogP contribution in [-0.2, 0) is 21.9 Å². The third kappa shape index (κ3) is 4.65. The Hall–Kier alpha value is -2.77. The lowest BCUT2D eigenvalue weighted by Gasteiger charge is -2.19. The van der Waals surface area contributed by atoms with E-state index in [0.717, 1.165) is 54.6 Å². The number of alkyl halides is 6. The predicted octanol–water partition coefficient (Wildman–Crippen LogP) is 5.54. The molecule has 2 aromatic carbocycles. The van der Waals surface area contributed by atoms with Crippen LogP contribution in [0, 0.1) is 0 Å². The number of carbonyl (C=O) groups is 1. The van der Waals surface area contributed by atoms with Gasteiger partial charge in [-0.15, -0.1) is 0 Å². The zero-order chi connectivity index (χ0) is 19.5. The van der Waals surface area contributed by atoms with E-state index in [1.54, 1.807) is 0 Å². The van der Waals surface area contributed by atoms with E-state index in [2.05, 4.69) is 6.58 Å². The Balaban J connectivity index is 2.40. The molecule has 0 aromatic heterocycles. The Morgan fingerprint density at radius 3 is 1.42 bits per heavy atom. The molecule has 0 aliphatic heterocycles. The Bertz CT molecular complexity index is 716. The Morgan fingerprint density at radius 1 is 0.808 bits per heavy atom. The summed E-state index contributed by atoms with van der Waals surface area (Å²) in [6.45, 7) is 3.22. The van der Waals surface area contributed by atoms with Crippen LogP contribution >= 0.6 is 0 Å². The molecule has 0 heterocycles. The lowest BCUT2D eigenvalue weighted by Crippen LogP contribution is -2.12. The summed E-state index contributed by atoms with van der Waals surface area (Å²) in [6, 6.07) is 7.59. The molecule has 0 N–H and O–H groups in total. The van der Waals surface area contributed by atoms with Gasteiger partial charge in [0.25, 0.3) is 0 Å². The van der Waals surface area contributed by atoms with Crippen LogP contribution in [0.4, 0.5) is 26.3 Å². The summed E-state index contributed by atoms with van der Waals surface area (Å²) < 4.78 is 81.1. The maximum atomic E-state index is 12.7.